The van der Waals surface area contributed by atoms with Crippen molar-refractivity contribution in [3.63, 3.8) is 0 Å². The monoisotopic (exact) mass is 360 g/mol. The second kappa shape index (κ2) is 8.59. The fraction of sp³-hybridized carbons (Fsp3) is 0.708. The largest absolute Gasteiger partial charge is 0.456 e. The maximum atomic E-state index is 12.6. The van der Waals surface area contributed by atoms with Crippen LogP contribution in [0, 0.1) is 10.8 Å². The second-order valence-corrected chi connectivity index (χ2v) is 9.74. The summed E-state index contributed by atoms with van der Waals surface area (Å²) < 4.78 is 5.70. The van der Waals surface area contributed by atoms with Gasteiger partial charge in [0.25, 0.3) is 0 Å². The van der Waals surface area contributed by atoms with Gasteiger partial charge in [0.15, 0.2) is 0 Å². The van der Waals surface area contributed by atoms with Crippen molar-refractivity contribution in [2.75, 3.05) is 0 Å². The Morgan fingerprint density at radius 2 is 1.58 bits per heavy atom. The van der Waals surface area contributed by atoms with Crippen LogP contribution < -0.4 is 0 Å². The standard InChI is InChI=1S/C24H40O2/c1-10-22(4,5)17-20(23(6,7)11-2)18-14-13-15-19(16-18)21(25)26-24(8,9)12-3/h13-16,20H,10-12,17H2,1-9H3. The van der Waals surface area contributed by atoms with Crippen molar-refractivity contribution in [3.05, 3.63) is 35.4 Å². The molecule has 1 rings (SSSR count). The van der Waals surface area contributed by atoms with Gasteiger partial charge < -0.3 is 4.74 Å². The van der Waals surface area contributed by atoms with Crippen LogP contribution >= 0.6 is 0 Å². The van der Waals surface area contributed by atoms with Gasteiger partial charge in [-0.25, -0.2) is 4.79 Å². The fourth-order valence-electron chi connectivity index (χ4n) is 3.05. The fourth-order valence-corrected chi connectivity index (χ4v) is 3.05. The van der Waals surface area contributed by atoms with Crippen molar-refractivity contribution in [3.8, 4) is 0 Å². The molecule has 2 heteroatoms. The van der Waals surface area contributed by atoms with Crippen LogP contribution in [-0.2, 0) is 4.74 Å². The van der Waals surface area contributed by atoms with Gasteiger partial charge in [0.05, 0.1) is 5.56 Å². The Morgan fingerprint density at radius 3 is 2.08 bits per heavy atom. The Hall–Kier alpha value is -1.31. The van der Waals surface area contributed by atoms with E-state index in [0.29, 0.717) is 11.5 Å². The maximum Gasteiger partial charge on any atom is 0.338 e. The van der Waals surface area contributed by atoms with Gasteiger partial charge in [-0.2, -0.15) is 0 Å². The van der Waals surface area contributed by atoms with Crippen molar-refractivity contribution in [2.45, 2.75) is 99.5 Å². The Bertz CT molecular complexity index is 596. The third kappa shape index (κ3) is 6.14. The number of benzene rings is 1. The van der Waals surface area contributed by atoms with Crippen LogP contribution in [0.15, 0.2) is 24.3 Å². The zero-order valence-corrected chi connectivity index (χ0v) is 18.5. The topological polar surface area (TPSA) is 26.3 Å². The molecule has 0 fully saturated rings. The normalized spacial score (nSPS) is 14.2. The molecule has 0 aliphatic heterocycles. The highest BCUT2D eigenvalue weighted by molar-refractivity contribution is 5.89. The average Bonchev–Trinajstić information content (AvgIpc) is 2.59. The lowest BCUT2D eigenvalue weighted by atomic mass is 9.66. The van der Waals surface area contributed by atoms with Gasteiger partial charge in [-0.05, 0) is 61.1 Å². The van der Waals surface area contributed by atoms with E-state index in [1.54, 1.807) is 0 Å². The first-order valence-corrected chi connectivity index (χ1v) is 10.2. The molecule has 148 valence electrons. The minimum atomic E-state index is -0.431. The smallest absolute Gasteiger partial charge is 0.338 e. The van der Waals surface area contributed by atoms with Crippen molar-refractivity contribution < 1.29 is 9.53 Å². The van der Waals surface area contributed by atoms with Crippen molar-refractivity contribution in [2.24, 2.45) is 10.8 Å². The maximum absolute atomic E-state index is 12.6. The van der Waals surface area contributed by atoms with E-state index in [1.165, 1.54) is 5.56 Å². The number of hydrogen-bond acceptors (Lipinski definition) is 2. The number of hydrogen-bond donors (Lipinski definition) is 0. The molecule has 0 aromatic heterocycles. The van der Waals surface area contributed by atoms with Crippen molar-refractivity contribution in [1.82, 2.24) is 0 Å². The Morgan fingerprint density at radius 1 is 0.962 bits per heavy atom. The molecule has 1 aromatic rings. The molecule has 1 unspecified atom stereocenters. The first-order chi connectivity index (χ1) is 11.9. The molecular weight excluding hydrogens is 320 g/mol. The zero-order valence-electron chi connectivity index (χ0n) is 18.5. The van der Waals surface area contributed by atoms with Crippen LogP contribution in [-0.4, -0.2) is 11.6 Å². The molecule has 0 N–H and O–H groups in total. The van der Waals surface area contributed by atoms with Crippen LogP contribution in [0.2, 0.25) is 0 Å². The summed E-state index contributed by atoms with van der Waals surface area (Å²) in [6.45, 7) is 19.8. The highest BCUT2D eigenvalue weighted by atomic mass is 16.6. The Balaban J connectivity index is 3.22. The summed E-state index contributed by atoms with van der Waals surface area (Å²) >= 11 is 0. The van der Waals surface area contributed by atoms with E-state index in [2.05, 4.69) is 53.7 Å². The minimum Gasteiger partial charge on any atom is -0.456 e. The number of carbonyl (C=O) groups excluding carboxylic acids is 1. The van der Waals surface area contributed by atoms with Gasteiger partial charge in [0.1, 0.15) is 5.60 Å². The van der Waals surface area contributed by atoms with Gasteiger partial charge in [-0.1, -0.05) is 73.4 Å². The van der Waals surface area contributed by atoms with Gasteiger partial charge in [-0.3, -0.25) is 0 Å². The van der Waals surface area contributed by atoms with Crippen molar-refractivity contribution >= 4 is 5.97 Å². The first kappa shape index (κ1) is 22.7. The summed E-state index contributed by atoms with van der Waals surface area (Å²) in [6, 6.07) is 8.11. The molecule has 1 aromatic carbocycles. The predicted octanol–water partition coefficient (Wildman–Crippen LogP) is 7.38. The zero-order chi connectivity index (χ0) is 20.2. The molecule has 26 heavy (non-hydrogen) atoms. The van der Waals surface area contributed by atoms with Crippen LogP contribution in [0.1, 0.15) is 110 Å². The molecule has 0 saturated heterocycles. The summed E-state index contributed by atoms with van der Waals surface area (Å²) in [7, 11) is 0. The molecule has 0 radical (unpaired) electrons. The lowest BCUT2D eigenvalue weighted by Gasteiger charge is -2.39. The molecule has 0 aliphatic rings. The van der Waals surface area contributed by atoms with E-state index in [0.717, 1.165) is 25.7 Å². The van der Waals surface area contributed by atoms with E-state index in [9.17, 15) is 4.79 Å². The Kier molecular flexibility index (Phi) is 7.51. The van der Waals surface area contributed by atoms with E-state index in [4.69, 9.17) is 4.74 Å². The second-order valence-electron chi connectivity index (χ2n) is 9.74. The van der Waals surface area contributed by atoms with Gasteiger partial charge in [-0.15, -0.1) is 0 Å². The predicted molar refractivity (Wildman–Crippen MR) is 112 cm³/mol. The molecule has 0 bridgehead atoms. The van der Waals surface area contributed by atoms with E-state index in [-0.39, 0.29) is 16.8 Å². The minimum absolute atomic E-state index is 0.178. The summed E-state index contributed by atoms with van der Waals surface area (Å²) in [5.74, 6) is 0.191. The molecule has 2 nitrogen and oxygen atoms in total. The molecule has 0 amide bonds. The molecule has 0 spiro atoms. The summed E-state index contributed by atoms with van der Waals surface area (Å²) in [5.41, 5.74) is 1.94. The SMILES string of the molecule is CCC(C)(C)CC(c1cccc(C(=O)OC(C)(C)CC)c1)C(C)(C)CC. The highest BCUT2D eigenvalue weighted by Crippen LogP contribution is 2.46. The van der Waals surface area contributed by atoms with Crippen LogP contribution in [0.25, 0.3) is 0 Å². The number of carbonyl (C=O) groups is 1. The quantitative estimate of drug-likeness (QED) is 0.429. The van der Waals surface area contributed by atoms with Crippen LogP contribution in [0.3, 0.4) is 0 Å². The number of rotatable bonds is 9. The van der Waals surface area contributed by atoms with E-state index in [1.807, 2.05) is 32.9 Å². The molecule has 0 aliphatic carbocycles. The molecule has 0 heterocycles. The first-order valence-electron chi connectivity index (χ1n) is 10.2. The lowest BCUT2D eigenvalue weighted by Crippen LogP contribution is -2.28. The molecule has 0 saturated carbocycles. The van der Waals surface area contributed by atoms with Crippen molar-refractivity contribution in [1.29, 1.82) is 0 Å². The van der Waals surface area contributed by atoms with Crippen LogP contribution in [0.4, 0.5) is 0 Å². The van der Waals surface area contributed by atoms with Gasteiger partial charge >= 0.3 is 5.97 Å². The highest BCUT2D eigenvalue weighted by Gasteiger charge is 2.34. The Labute approximate surface area is 161 Å². The summed E-state index contributed by atoms with van der Waals surface area (Å²) in [5, 5.41) is 0. The van der Waals surface area contributed by atoms with Gasteiger partial charge in [0.2, 0.25) is 0 Å². The van der Waals surface area contributed by atoms with Crippen LogP contribution in [0.5, 0.6) is 0 Å². The average molecular weight is 361 g/mol. The third-order valence-electron chi connectivity index (χ3n) is 6.31. The number of esters is 1. The van der Waals surface area contributed by atoms with E-state index >= 15 is 0 Å². The van der Waals surface area contributed by atoms with E-state index < -0.39 is 5.60 Å². The lowest BCUT2D eigenvalue weighted by molar-refractivity contribution is -0.00246. The molecule has 1 atom stereocenters. The van der Waals surface area contributed by atoms with Gasteiger partial charge in [0, 0.05) is 0 Å². The third-order valence-corrected chi connectivity index (χ3v) is 6.31. The summed E-state index contributed by atoms with van der Waals surface area (Å²) in [6.07, 6.45) is 4.17. The summed E-state index contributed by atoms with van der Waals surface area (Å²) in [4.78, 5) is 12.6. The molecular formula is C24H40O2. The number of ether oxygens (including phenoxy) is 1.